The zero-order valence-electron chi connectivity index (χ0n) is 11.5. The summed E-state index contributed by atoms with van der Waals surface area (Å²) in [6.07, 6.45) is 1.13. The molecular formula is C15H24ClN. The highest BCUT2D eigenvalue weighted by Crippen LogP contribution is 2.33. The molecule has 1 aromatic rings. The molecule has 0 spiro atoms. The molecule has 96 valence electrons. The van der Waals surface area contributed by atoms with Crippen molar-refractivity contribution in [3.05, 3.63) is 34.9 Å². The number of hydrogen-bond donors (Lipinski definition) is 1. The molecule has 0 radical (unpaired) electrons. The average Bonchev–Trinajstić information content (AvgIpc) is 2.24. The van der Waals surface area contributed by atoms with Crippen molar-refractivity contribution in [1.82, 2.24) is 5.32 Å². The number of nitrogens with one attached hydrogen (secondary N) is 1. The molecule has 0 bridgehead atoms. The Morgan fingerprint density at radius 1 is 1.29 bits per heavy atom. The molecule has 17 heavy (non-hydrogen) atoms. The van der Waals surface area contributed by atoms with E-state index in [1.54, 1.807) is 0 Å². The third-order valence-corrected chi connectivity index (χ3v) is 3.90. The molecule has 0 saturated carbocycles. The van der Waals surface area contributed by atoms with Gasteiger partial charge in [0, 0.05) is 11.1 Å². The lowest BCUT2D eigenvalue weighted by molar-refractivity contribution is 0.226. The molecule has 0 aliphatic carbocycles. The summed E-state index contributed by atoms with van der Waals surface area (Å²) < 4.78 is 0. The Bertz CT molecular complexity index is 354. The molecule has 0 aliphatic heterocycles. The van der Waals surface area contributed by atoms with Crippen LogP contribution in [0.15, 0.2) is 24.3 Å². The molecule has 1 aromatic carbocycles. The molecule has 1 N–H and O–H groups in total. The third kappa shape index (κ3) is 4.33. The molecule has 0 saturated heterocycles. The second-order valence-electron chi connectivity index (χ2n) is 5.90. The van der Waals surface area contributed by atoms with Crippen LogP contribution in [-0.2, 0) is 0 Å². The van der Waals surface area contributed by atoms with E-state index in [9.17, 15) is 0 Å². The molecule has 1 rings (SSSR count). The van der Waals surface area contributed by atoms with Crippen LogP contribution < -0.4 is 5.32 Å². The second-order valence-corrected chi connectivity index (χ2v) is 6.34. The summed E-state index contributed by atoms with van der Waals surface area (Å²) in [7, 11) is 2.01. The Kier molecular flexibility index (Phi) is 5.03. The summed E-state index contributed by atoms with van der Waals surface area (Å²) in [6.45, 7) is 9.20. The summed E-state index contributed by atoms with van der Waals surface area (Å²) in [4.78, 5) is 0. The van der Waals surface area contributed by atoms with Crippen molar-refractivity contribution in [3.63, 3.8) is 0 Å². The minimum absolute atomic E-state index is 0.341. The van der Waals surface area contributed by atoms with Crippen molar-refractivity contribution in [3.8, 4) is 0 Å². The smallest absolute Gasteiger partial charge is 0.0409 e. The first-order valence-corrected chi connectivity index (χ1v) is 6.65. The molecule has 0 amide bonds. The zero-order valence-corrected chi connectivity index (χ0v) is 12.3. The standard InChI is InChI=1S/C15H24ClN/c1-11(15(2,3)4)9-14(17-5)12-7-6-8-13(16)10-12/h6-8,10-11,14,17H,9H2,1-5H3. The molecular weight excluding hydrogens is 230 g/mol. The molecule has 1 nitrogen and oxygen atoms in total. The molecule has 2 heteroatoms. The number of rotatable bonds is 4. The van der Waals surface area contributed by atoms with E-state index in [-0.39, 0.29) is 0 Å². The fourth-order valence-electron chi connectivity index (χ4n) is 1.85. The van der Waals surface area contributed by atoms with Gasteiger partial charge in [-0.2, -0.15) is 0 Å². The Morgan fingerprint density at radius 2 is 1.94 bits per heavy atom. The van der Waals surface area contributed by atoms with E-state index in [4.69, 9.17) is 11.6 Å². The van der Waals surface area contributed by atoms with Crippen LogP contribution in [0.2, 0.25) is 5.02 Å². The summed E-state index contributed by atoms with van der Waals surface area (Å²) >= 11 is 6.04. The molecule has 2 unspecified atom stereocenters. The van der Waals surface area contributed by atoms with Gasteiger partial charge < -0.3 is 5.32 Å². The van der Waals surface area contributed by atoms with Crippen molar-refractivity contribution in [2.75, 3.05) is 7.05 Å². The zero-order chi connectivity index (χ0) is 13.1. The van der Waals surface area contributed by atoms with E-state index in [2.05, 4.69) is 45.1 Å². The van der Waals surface area contributed by atoms with Crippen LogP contribution >= 0.6 is 11.6 Å². The highest BCUT2D eigenvalue weighted by Gasteiger charge is 2.23. The van der Waals surface area contributed by atoms with E-state index in [0.717, 1.165) is 11.4 Å². The summed E-state index contributed by atoms with van der Waals surface area (Å²) in [5.74, 6) is 0.652. The third-order valence-electron chi connectivity index (χ3n) is 3.67. The Balaban J connectivity index is 2.79. The molecule has 0 fully saturated rings. The van der Waals surface area contributed by atoms with Crippen LogP contribution in [0.1, 0.15) is 45.7 Å². The van der Waals surface area contributed by atoms with Crippen molar-refractivity contribution < 1.29 is 0 Å². The number of hydrogen-bond acceptors (Lipinski definition) is 1. The van der Waals surface area contributed by atoms with Gasteiger partial charge in [-0.25, -0.2) is 0 Å². The van der Waals surface area contributed by atoms with Crippen LogP contribution in [0.25, 0.3) is 0 Å². The predicted molar refractivity (Wildman–Crippen MR) is 76.5 cm³/mol. The minimum atomic E-state index is 0.341. The summed E-state index contributed by atoms with van der Waals surface area (Å²) in [6, 6.07) is 8.51. The SMILES string of the molecule is CNC(CC(C)C(C)(C)C)c1cccc(Cl)c1. The van der Waals surface area contributed by atoms with Crippen LogP contribution in [0.5, 0.6) is 0 Å². The maximum absolute atomic E-state index is 6.04. The van der Waals surface area contributed by atoms with Gasteiger partial charge in [-0.1, -0.05) is 51.4 Å². The first-order valence-electron chi connectivity index (χ1n) is 6.27. The van der Waals surface area contributed by atoms with Gasteiger partial charge in [0.1, 0.15) is 0 Å². The lowest BCUT2D eigenvalue weighted by Gasteiger charge is -2.31. The van der Waals surface area contributed by atoms with Gasteiger partial charge in [-0.15, -0.1) is 0 Å². The number of halogens is 1. The van der Waals surface area contributed by atoms with Gasteiger partial charge in [0.05, 0.1) is 0 Å². The predicted octanol–water partition coefficient (Wildman–Crippen LogP) is 4.67. The average molecular weight is 254 g/mol. The lowest BCUT2D eigenvalue weighted by atomic mass is 9.77. The topological polar surface area (TPSA) is 12.0 Å². The van der Waals surface area contributed by atoms with E-state index in [0.29, 0.717) is 17.4 Å². The molecule has 0 aliphatic rings. The molecule has 0 heterocycles. The van der Waals surface area contributed by atoms with Crippen LogP contribution in [0.4, 0.5) is 0 Å². The van der Waals surface area contributed by atoms with E-state index in [1.807, 2.05) is 19.2 Å². The van der Waals surface area contributed by atoms with Gasteiger partial charge in [0.25, 0.3) is 0 Å². The van der Waals surface area contributed by atoms with Gasteiger partial charge in [-0.05, 0) is 42.5 Å². The van der Waals surface area contributed by atoms with Crippen LogP contribution in [0.3, 0.4) is 0 Å². The quantitative estimate of drug-likeness (QED) is 0.822. The molecule has 0 aromatic heterocycles. The maximum Gasteiger partial charge on any atom is 0.0409 e. The normalized spacial score (nSPS) is 15.6. The molecule has 2 atom stereocenters. The van der Waals surface area contributed by atoms with E-state index in [1.165, 1.54) is 5.56 Å². The van der Waals surface area contributed by atoms with Crippen LogP contribution in [-0.4, -0.2) is 7.05 Å². The summed E-state index contributed by atoms with van der Waals surface area (Å²) in [5, 5.41) is 4.20. The van der Waals surface area contributed by atoms with E-state index >= 15 is 0 Å². The number of benzene rings is 1. The van der Waals surface area contributed by atoms with Gasteiger partial charge in [0.2, 0.25) is 0 Å². The first kappa shape index (κ1) is 14.5. The minimum Gasteiger partial charge on any atom is -0.313 e. The van der Waals surface area contributed by atoms with Gasteiger partial charge in [-0.3, -0.25) is 0 Å². The fourth-order valence-corrected chi connectivity index (χ4v) is 2.05. The maximum atomic E-state index is 6.04. The van der Waals surface area contributed by atoms with Gasteiger partial charge >= 0.3 is 0 Å². The van der Waals surface area contributed by atoms with Gasteiger partial charge in [0.15, 0.2) is 0 Å². The van der Waals surface area contributed by atoms with E-state index < -0.39 is 0 Å². The summed E-state index contributed by atoms with van der Waals surface area (Å²) in [5.41, 5.74) is 1.62. The second kappa shape index (κ2) is 5.88. The first-order chi connectivity index (χ1) is 7.84. The highest BCUT2D eigenvalue weighted by atomic mass is 35.5. The van der Waals surface area contributed by atoms with Crippen molar-refractivity contribution in [2.24, 2.45) is 11.3 Å². The highest BCUT2D eigenvalue weighted by molar-refractivity contribution is 6.30. The van der Waals surface area contributed by atoms with Crippen LogP contribution in [0, 0.1) is 11.3 Å². The van der Waals surface area contributed by atoms with Crippen molar-refractivity contribution >= 4 is 11.6 Å². The monoisotopic (exact) mass is 253 g/mol. The Morgan fingerprint density at radius 3 is 2.41 bits per heavy atom. The Hall–Kier alpha value is -0.530. The lowest BCUT2D eigenvalue weighted by Crippen LogP contribution is -2.25. The largest absolute Gasteiger partial charge is 0.313 e. The van der Waals surface area contributed by atoms with Crippen molar-refractivity contribution in [1.29, 1.82) is 0 Å². The fraction of sp³-hybridized carbons (Fsp3) is 0.600. The Labute approximate surface area is 111 Å². The van der Waals surface area contributed by atoms with Crippen molar-refractivity contribution in [2.45, 2.75) is 40.2 Å².